The molecule has 4 rings (SSSR count). The molecule has 34 heavy (non-hydrogen) atoms. The number of piperidine rings is 1. The first-order valence-electron chi connectivity index (χ1n) is 11.9. The molecule has 0 unspecified atom stereocenters. The first kappa shape index (κ1) is 24.2. The summed E-state index contributed by atoms with van der Waals surface area (Å²) in [5.41, 5.74) is 4.75. The van der Waals surface area contributed by atoms with E-state index in [4.69, 9.17) is 0 Å². The Balaban J connectivity index is 1.39. The second kappa shape index (κ2) is 9.74. The van der Waals surface area contributed by atoms with Crippen molar-refractivity contribution in [2.45, 2.75) is 46.5 Å². The summed E-state index contributed by atoms with van der Waals surface area (Å²) in [4.78, 5) is 15.1. The Kier molecular flexibility index (Phi) is 6.94. The average Bonchev–Trinajstić information content (AvgIpc) is 3.08. The van der Waals surface area contributed by atoms with Crippen LogP contribution >= 0.6 is 0 Å². The van der Waals surface area contributed by atoms with E-state index in [0.29, 0.717) is 54.4 Å². The largest absolute Gasteiger partial charge is 0.356 e. The Labute approximate surface area is 202 Å². The van der Waals surface area contributed by atoms with Crippen molar-refractivity contribution in [3.8, 4) is 0 Å². The van der Waals surface area contributed by atoms with Gasteiger partial charge < -0.3 is 10.2 Å². The van der Waals surface area contributed by atoms with Gasteiger partial charge in [0, 0.05) is 31.1 Å². The lowest BCUT2D eigenvalue weighted by Gasteiger charge is -2.33. The lowest BCUT2D eigenvalue weighted by molar-refractivity contribution is -0.126. The monoisotopic (exact) mass is 479 g/mol. The number of amidine groups is 1. The number of rotatable bonds is 5. The van der Waals surface area contributed by atoms with Gasteiger partial charge in [0.05, 0.1) is 0 Å². The fraction of sp³-hybridized carbons (Fsp3) is 0.407. The zero-order chi connectivity index (χ0) is 24.5. The van der Waals surface area contributed by atoms with Gasteiger partial charge in [0.25, 0.3) is 10.0 Å². The second-order valence-corrected chi connectivity index (χ2v) is 11.0. The van der Waals surface area contributed by atoms with Crippen molar-refractivity contribution in [1.29, 1.82) is 0 Å². The lowest BCUT2D eigenvalue weighted by Crippen LogP contribution is -2.43. The summed E-state index contributed by atoms with van der Waals surface area (Å²) < 4.78 is 30.0. The highest BCUT2D eigenvalue weighted by atomic mass is 32.2. The molecule has 0 aliphatic carbocycles. The number of hydrogen-bond donors (Lipinski definition) is 1. The first-order chi connectivity index (χ1) is 16.2. The third kappa shape index (κ3) is 4.94. The lowest BCUT2D eigenvalue weighted by atomic mass is 9.94. The molecule has 2 aromatic carbocycles. The predicted octanol–water partition coefficient (Wildman–Crippen LogP) is 4.41. The van der Waals surface area contributed by atoms with E-state index in [-0.39, 0.29) is 17.7 Å². The number of hydrogen-bond acceptors (Lipinski definition) is 4. The Bertz CT molecular complexity index is 1240. The maximum Gasteiger partial charge on any atom is 0.285 e. The van der Waals surface area contributed by atoms with Crippen LogP contribution in [-0.2, 0) is 14.8 Å². The molecule has 2 aromatic rings. The Morgan fingerprint density at radius 1 is 1.06 bits per heavy atom. The number of sulfonamides is 1. The number of carbonyl (C=O) groups excluding carboxylic acids is 1. The van der Waals surface area contributed by atoms with E-state index in [1.165, 1.54) is 5.56 Å². The van der Waals surface area contributed by atoms with Gasteiger partial charge in [-0.15, -0.1) is 4.40 Å². The molecular formula is C27H33N3O3S. The molecule has 1 atom stereocenters. The van der Waals surface area contributed by atoms with E-state index in [1.807, 2.05) is 62.1 Å². The molecule has 180 valence electrons. The van der Waals surface area contributed by atoms with Crippen LogP contribution in [-0.4, -0.2) is 44.7 Å². The fourth-order valence-electron chi connectivity index (χ4n) is 4.72. The van der Waals surface area contributed by atoms with Gasteiger partial charge in [0.1, 0.15) is 10.7 Å². The highest BCUT2D eigenvalue weighted by Gasteiger charge is 2.35. The van der Waals surface area contributed by atoms with Gasteiger partial charge in [-0.25, -0.2) is 0 Å². The quantitative estimate of drug-likeness (QED) is 0.689. The van der Waals surface area contributed by atoms with Crippen molar-refractivity contribution in [3.63, 3.8) is 0 Å². The maximum atomic E-state index is 12.9. The van der Waals surface area contributed by atoms with E-state index in [0.717, 1.165) is 11.1 Å². The molecule has 7 heteroatoms. The van der Waals surface area contributed by atoms with E-state index in [2.05, 4.69) is 28.8 Å². The minimum atomic E-state index is -3.75. The summed E-state index contributed by atoms with van der Waals surface area (Å²) >= 11 is 0. The van der Waals surface area contributed by atoms with Crippen molar-refractivity contribution in [3.05, 3.63) is 76.4 Å². The molecule has 1 fully saturated rings. The fourth-order valence-corrected chi connectivity index (χ4v) is 6.19. The number of carbonyl (C=O) groups is 1. The van der Waals surface area contributed by atoms with Gasteiger partial charge in [-0.2, -0.15) is 8.42 Å². The molecule has 2 aliphatic rings. The van der Waals surface area contributed by atoms with Crippen LogP contribution < -0.4 is 5.32 Å². The van der Waals surface area contributed by atoms with Gasteiger partial charge in [0.2, 0.25) is 5.91 Å². The van der Waals surface area contributed by atoms with Crippen LogP contribution in [0.1, 0.15) is 54.9 Å². The molecule has 6 nitrogen and oxygen atoms in total. The molecular weight excluding hydrogens is 446 g/mol. The predicted molar refractivity (Wildman–Crippen MR) is 137 cm³/mol. The zero-order valence-electron chi connectivity index (χ0n) is 20.3. The van der Waals surface area contributed by atoms with E-state index >= 15 is 0 Å². The van der Waals surface area contributed by atoms with Crippen molar-refractivity contribution in [2.24, 2.45) is 10.3 Å². The normalized spacial score (nSPS) is 19.2. The third-order valence-electron chi connectivity index (χ3n) is 7.03. The Morgan fingerprint density at radius 2 is 1.74 bits per heavy atom. The van der Waals surface area contributed by atoms with Crippen molar-refractivity contribution in [2.75, 3.05) is 19.6 Å². The van der Waals surface area contributed by atoms with Crippen LogP contribution in [0.15, 0.2) is 58.5 Å². The van der Waals surface area contributed by atoms with Gasteiger partial charge in [-0.05, 0) is 61.8 Å². The summed E-state index contributed by atoms with van der Waals surface area (Å²) in [5.74, 6) is 0.775. The maximum absolute atomic E-state index is 12.9. The summed E-state index contributed by atoms with van der Waals surface area (Å²) in [6, 6.07) is 15.9. The summed E-state index contributed by atoms with van der Waals surface area (Å²) in [6.07, 6.45) is 1.35. The molecule has 2 aliphatic heterocycles. The topological polar surface area (TPSA) is 78.8 Å². The van der Waals surface area contributed by atoms with Crippen LogP contribution in [0.5, 0.6) is 0 Å². The van der Waals surface area contributed by atoms with Crippen LogP contribution in [0, 0.1) is 19.8 Å². The number of benzene rings is 2. The molecule has 0 saturated carbocycles. The summed E-state index contributed by atoms with van der Waals surface area (Å²) in [5, 5.41) is 3.10. The summed E-state index contributed by atoms with van der Waals surface area (Å²) in [7, 11) is -3.75. The second-order valence-electron chi connectivity index (χ2n) is 9.46. The highest BCUT2D eigenvalue weighted by Crippen LogP contribution is 2.35. The van der Waals surface area contributed by atoms with Crippen molar-refractivity contribution < 1.29 is 13.2 Å². The molecule has 0 radical (unpaired) electrons. The molecule has 0 bridgehead atoms. The standard InChI is InChI=1S/C27H33N3O3S/c1-18-10-11-24(16-19(18)2)25-21(4)26(29-34(25,32)33)30-14-12-23(13-15-30)27(31)28-17-20(3)22-8-6-5-7-9-22/h5-11,16,20,23H,12-15,17H2,1-4H3,(H,28,31)/t20-/m0/s1. The van der Waals surface area contributed by atoms with Crippen LogP contribution in [0.4, 0.5) is 0 Å². The number of amides is 1. The Morgan fingerprint density at radius 3 is 2.38 bits per heavy atom. The van der Waals surface area contributed by atoms with Crippen LogP contribution in [0.3, 0.4) is 0 Å². The highest BCUT2D eigenvalue weighted by molar-refractivity contribution is 8.00. The van der Waals surface area contributed by atoms with Gasteiger partial charge in [0.15, 0.2) is 0 Å². The van der Waals surface area contributed by atoms with Gasteiger partial charge in [-0.1, -0.05) is 55.5 Å². The molecule has 0 aromatic heterocycles. The molecule has 1 saturated heterocycles. The minimum absolute atomic E-state index is 0.0682. The molecule has 1 amide bonds. The van der Waals surface area contributed by atoms with Crippen molar-refractivity contribution >= 4 is 26.7 Å². The van der Waals surface area contributed by atoms with E-state index in [1.54, 1.807) is 0 Å². The third-order valence-corrected chi connectivity index (χ3v) is 8.50. The Hall–Kier alpha value is -2.93. The average molecular weight is 480 g/mol. The number of nitrogens with zero attached hydrogens (tertiary/aromatic N) is 2. The molecule has 1 N–H and O–H groups in total. The van der Waals surface area contributed by atoms with Crippen LogP contribution in [0.2, 0.25) is 0 Å². The van der Waals surface area contributed by atoms with E-state index in [9.17, 15) is 13.2 Å². The smallest absolute Gasteiger partial charge is 0.285 e. The first-order valence-corrected chi connectivity index (χ1v) is 13.3. The zero-order valence-corrected chi connectivity index (χ0v) is 21.2. The summed E-state index contributed by atoms with van der Waals surface area (Å²) in [6.45, 7) is 9.75. The number of nitrogens with one attached hydrogen (secondary N) is 1. The van der Waals surface area contributed by atoms with Gasteiger partial charge in [-0.3, -0.25) is 4.79 Å². The molecule has 0 spiro atoms. The number of likely N-dealkylation sites (tertiary alicyclic amines) is 1. The minimum Gasteiger partial charge on any atom is -0.356 e. The van der Waals surface area contributed by atoms with Crippen molar-refractivity contribution in [1.82, 2.24) is 10.2 Å². The van der Waals surface area contributed by atoms with Gasteiger partial charge >= 0.3 is 0 Å². The number of aryl methyl sites for hydroxylation is 2. The SMILES string of the molecule is CC1=C(c2ccc(C)c(C)c2)S(=O)(=O)N=C1N1CCC(C(=O)NC[C@H](C)c2ccccc2)CC1. The van der Waals surface area contributed by atoms with Crippen LogP contribution in [0.25, 0.3) is 4.91 Å². The van der Waals surface area contributed by atoms with E-state index < -0.39 is 10.0 Å². The molecule has 2 heterocycles.